The third kappa shape index (κ3) is 9.02. The molecule has 0 radical (unpaired) electrons. The normalized spacial score (nSPS) is 33.1. The summed E-state index contributed by atoms with van der Waals surface area (Å²) >= 11 is 16.7. The second-order valence-corrected chi connectivity index (χ2v) is 17.7. The molecule has 0 amide bonds. The molecule has 8 nitrogen and oxygen atoms in total. The number of nitrogens with zero attached hydrogens (tertiary/aromatic N) is 2. The summed E-state index contributed by atoms with van der Waals surface area (Å²) in [5.41, 5.74) is 1.14. The van der Waals surface area contributed by atoms with Gasteiger partial charge in [0.25, 0.3) is 20.2 Å². The first-order valence-corrected chi connectivity index (χ1v) is 19.5. The van der Waals surface area contributed by atoms with E-state index in [4.69, 9.17) is 23.2 Å². The van der Waals surface area contributed by atoms with Crippen LogP contribution in [0.4, 0.5) is 0 Å². The maximum absolute atomic E-state index is 11.3. The number of allylic oxidation sites excluding steroid dienone is 2. The molecule has 2 aliphatic heterocycles. The van der Waals surface area contributed by atoms with Gasteiger partial charge in [0, 0.05) is 47.5 Å². The van der Waals surface area contributed by atoms with Gasteiger partial charge >= 0.3 is 0 Å². The maximum Gasteiger partial charge on any atom is 0.265 e. The van der Waals surface area contributed by atoms with Crippen LogP contribution in [0.5, 0.6) is 0 Å². The molecule has 2 heterocycles. The topological polar surface area (TPSA) is 115 Å². The summed E-state index contributed by atoms with van der Waals surface area (Å²) in [5.74, 6) is -0.534. The fraction of sp³-hybridized carbons (Fsp3) is 0.800. The minimum Gasteiger partial charge on any atom is -0.362 e. The number of hydrogen-bond acceptors (Lipinski definition) is 7. The first-order valence-electron chi connectivity index (χ1n) is 13.7. The quantitative estimate of drug-likeness (QED) is 0.180. The van der Waals surface area contributed by atoms with Crippen LogP contribution in [-0.2, 0) is 20.2 Å². The van der Waals surface area contributed by atoms with E-state index in [9.17, 15) is 25.9 Å². The molecule has 6 unspecified atom stereocenters. The fourth-order valence-corrected chi connectivity index (χ4v) is 10.8. The maximum atomic E-state index is 11.3. The molecule has 2 aliphatic carbocycles. The van der Waals surface area contributed by atoms with Crippen LogP contribution in [0.25, 0.3) is 0 Å². The van der Waals surface area contributed by atoms with Crippen molar-refractivity contribution in [3.05, 3.63) is 22.8 Å². The lowest BCUT2D eigenvalue weighted by Crippen LogP contribution is -2.40. The van der Waals surface area contributed by atoms with E-state index in [0.29, 0.717) is 36.4 Å². The summed E-state index contributed by atoms with van der Waals surface area (Å²) < 4.78 is 66.2. The van der Waals surface area contributed by atoms with Crippen molar-refractivity contribution in [2.75, 3.05) is 24.6 Å². The Morgan fingerprint density at radius 2 is 1.62 bits per heavy atom. The van der Waals surface area contributed by atoms with E-state index < -0.39 is 20.2 Å². The van der Waals surface area contributed by atoms with Gasteiger partial charge in [-0.1, -0.05) is 6.92 Å². The molecular formula is C25H39Cl2N2O6S4+. The molecular weight excluding hydrogens is 623 g/mol. The Labute approximate surface area is 251 Å². The zero-order valence-corrected chi connectivity index (χ0v) is 26.9. The van der Waals surface area contributed by atoms with E-state index in [2.05, 4.69) is 28.6 Å². The molecule has 222 valence electrons. The molecule has 4 rings (SSSR count). The van der Waals surface area contributed by atoms with Crippen LogP contribution in [0.3, 0.4) is 0 Å². The summed E-state index contributed by atoms with van der Waals surface area (Å²) in [5, 5.41) is 3.24. The lowest BCUT2D eigenvalue weighted by atomic mass is 9.93. The van der Waals surface area contributed by atoms with Crippen molar-refractivity contribution in [2.45, 2.75) is 98.0 Å². The molecule has 14 heteroatoms. The Morgan fingerprint density at radius 3 is 2.28 bits per heavy atom. The molecule has 1 saturated heterocycles. The molecule has 6 atom stereocenters. The highest BCUT2D eigenvalue weighted by Crippen LogP contribution is 2.47. The second kappa shape index (κ2) is 13.6. The smallest absolute Gasteiger partial charge is 0.265 e. The SMILES string of the molecule is CCC(=CC1=[N+](CCCS(=O)(=O)O)C2CC(Cl)CCC2S1)C=C1SC2CCC(Cl)CC2N1CCCS(=O)(=O)O. The lowest BCUT2D eigenvalue weighted by molar-refractivity contribution is -0.561. The Morgan fingerprint density at radius 1 is 0.974 bits per heavy atom. The first-order chi connectivity index (χ1) is 18.3. The Hall–Kier alpha value is 0.0500. The van der Waals surface area contributed by atoms with E-state index in [1.165, 1.54) is 0 Å². The van der Waals surface area contributed by atoms with Crippen LogP contribution in [-0.4, -0.2) is 98.4 Å². The van der Waals surface area contributed by atoms with Crippen LogP contribution >= 0.6 is 46.7 Å². The number of thioether (sulfide) groups is 2. The van der Waals surface area contributed by atoms with Crippen molar-refractivity contribution in [3.8, 4) is 0 Å². The van der Waals surface area contributed by atoms with Gasteiger partial charge in [-0.25, -0.2) is 4.58 Å². The number of fused-ring (bicyclic) bond motifs is 2. The average Bonchev–Trinajstić information content (AvgIpc) is 3.34. The van der Waals surface area contributed by atoms with E-state index in [1.54, 1.807) is 0 Å². The van der Waals surface area contributed by atoms with Crippen LogP contribution < -0.4 is 0 Å². The van der Waals surface area contributed by atoms with Gasteiger partial charge in [-0.2, -0.15) is 16.8 Å². The molecule has 0 aromatic rings. The second-order valence-electron chi connectivity index (χ2n) is 10.8. The summed E-state index contributed by atoms with van der Waals surface area (Å²) in [4.78, 5) is 2.28. The highest BCUT2D eigenvalue weighted by atomic mass is 35.5. The minimum absolute atomic E-state index is 0.104. The van der Waals surface area contributed by atoms with Gasteiger partial charge in [0.2, 0.25) is 5.04 Å². The summed E-state index contributed by atoms with van der Waals surface area (Å²) in [6.45, 7) is 3.18. The molecule has 2 N–H and O–H groups in total. The van der Waals surface area contributed by atoms with Gasteiger partial charge in [-0.15, -0.1) is 35.0 Å². The van der Waals surface area contributed by atoms with Crippen molar-refractivity contribution >= 4 is 72.0 Å². The third-order valence-electron chi connectivity index (χ3n) is 7.92. The number of rotatable bonds is 11. The van der Waals surface area contributed by atoms with Crippen LogP contribution in [0.15, 0.2) is 22.8 Å². The van der Waals surface area contributed by atoms with E-state index >= 15 is 0 Å². The predicted molar refractivity (Wildman–Crippen MR) is 163 cm³/mol. The van der Waals surface area contributed by atoms with Gasteiger partial charge in [-0.05, 0) is 68.4 Å². The predicted octanol–water partition coefficient (Wildman–Crippen LogP) is 4.98. The van der Waals surface area contributed by atoms with Crippen LogP contribution in [0.2, 0.25) is 0 Å². The molecule has 0 spiro atoms. The molecule has 3 fully saturated rings. The van der Waals surface area contributed by atoms with Gasteiger partial charge in [-0.3, -0.25) is 9.11 Å². The molecule has 0 aromatic carbocycles. The molecule has 2 saturated carbocycles. The molecule has 0 aromatic heterocycles. The minimum atomic E-state index is -4.02. The van der Waals surface area contributed by atoms with Crippen molar-refractivity contribution in [2.24, 2.45) is 0 Å². The first kappa shape index (κ1) is 32.0. The van der Waals surface area contributed by atoms with Gasteiger partial charge in [0.15, 0.2) is 6.04 Å². The zero-order valence-electron chi connectivity index (χ0n) is 22.1. The largest absolute Gasteiger partial charge is 0.362 e. The van der Waals surface area contributed by atoms with Gasteiger partial charge in [0.05, 0.1) is 21.8 Å². The number of hydrogen-bond donors (Lipinski definition) is 2. The highest BCUT2D eigenvalue weighted by molar-refractivity contribution is 8.14. The Balaban J connectivity index is 1.61. The average molecular weight is 663 g/mol. The molecule has 39 heavy (non-hydrogen) atoms. The molecule has 4 aliphatic rings. The number of halogens is 2. The monoisotopic (exact) mass is 661 g/mol. The van der Waals surface area contributed by atoms with Crippen molar-refractivity contribution in [3.63, 3.8) is 0 Å². The summed E-state index contributed by atoms with van der Waals surface area (Å²) in [6.07, 6.45) is 11.6. The molecule has 0 bridgehead atoms. The number of alkyl halides is 2. The van der Waals surface area contributed by atoms with Crippen molar-refractivity contribution < 1.29 is 30.5 Å². The Kier molecular flexibility index (Phi) is 11.1. The van der Waals surface area contributed by atoms with E-state index in [1.807, 2.05) is 23.5 Å². The zero-order chi connectivity index (χ0) is 28.4. The van der Waals surface area contributed by atoms with E-state index in [0.717, 1.165) is 60.6 Å². The van der Waals surface area contributed by atoms with Crippen molar-refractivity contribution in [1.82, 2.24) is 4.90 Å². The van der Waals surface area contributed by atoms with Crippen LogP contribution in [0, 0.1) is 0 Å². The van der Waals surface area contributed by atoms with Gasteiger partial charge in [0.1, 0.15) is 6.54 Å². The summed E-state index contributed by atoms with van der Waals surface area (Å²) in [7, 11) is -8.04. The van der Waals surface area contributed by atoms with Gasteiger partial charge < -0.3 is 4.90 Å². The standard InChI is InChI=1S/C25H38Cl2N2O6S4/c1-2-17(13-24-28(9-3-11-38(30,31)32)20-15-18(26)5-7-22(20)36-24)14-25-29(10-4-12-39(33,34)35)21-16-19(27)6-8-23(21)37-25/h13-14,18-23H,2-12,15-16H2,1H3,(H-,30,31,32,33,34,35)/p+1. The lowest BCUT2D eigenvalue weighted by Gasteiger charge is -2.34. The third-order valence-corrected chi connectivity index (χ3v) is 13.2. The van der Waals surface area contributed by atoms with E-state index in [-0.39, 0.29) is 34.3 Å². The fourth-order valence-electron chi connectivity index (χ4n) is 6.03. The van der Waals surface area contributed by atoms with Crippen molar-refractivity contribution in [1.29, 1.82) is 0 Å². The highest BCUT2D eigenvalue weighted by Gasteiger charge is 2.45. The summed E-state index contributed by atoms with van der Waals surface area (Å²) in [6, 6.07) is 0.483. The van der Waals surface area contributed by atoms with Crippen LogP contribution in [0.1, 0.15) is 64.7 Å². The Bertz CT molecular complexity index is 1210.